The van der Waals surface area contributed by atoms with Crippen LogP contribution in [0.4, 0.5) is 0 Å². The fraction of sp³-hybridized carbons (Fsp3) is 1.00. The molecule has 2 heteroatoms. The molecule has 2 aliphatic carbocycles. The average Bonchev–Trinajstić information content (AvgIpc) is 2.60. The van der Waals surface area contributed by atoms with E-state index in [-0.39, 0.29) is 5.60 Å². The van der Waals surface area contributed by atoms with Crippen LogP contribution in [0.25, 0.3) is 0 Å². The summed E-state index contributed by atoms with van der Waals surface area (Å²) >= 11 is 0. The Balaban J connectivity index is 1.69. The molecule has 2 saturated carbocycles. The van der Waals surface area contributed by atoms with Crippen molar-refractivity contribution in [1.82, 2.24) is 5.32 Å². The van der Waals surface area contributed by atoms with Crippen LogP contribution in [0.2, 0.25) is 0 Å². The lowest BCUT2D eigenvalue weighted by atomic mass is 9.69. The predicted molar refractivity (Wildman–Crippen MR) is 79.2 cm³/mol. The van der Waals surface area contributed by atoms with Crippen LogP contribution < -0.4 is 5.32 Å². The largest absolute Gasteiger partial charge is 0.375 e. The lowest BCUT2D eigenvalue weighted by Crippen LogP contribution is -2.52. The highest BCUT2D eigenvalue weighted by atomic mass is 16.5. The summed E-state index contributed by atoms with van der Waals surface area (Å²) in [6.45, 7) is 12.9. The summed E-state index contributed by atoms with van der Waals surface area (Å²) in [6.07, 6.45) is 6.59. The lowest BCUT2D eigenvalue weighted by molar-refractivity contribution is -0.0667. The molecule has 4 unspecified atom stereocenters. The Morgan fingerprint density at radius 1 is 1.05 bits per heavy atom. The standard InChI is InChI=1S/C17H31NO/c1-15(2)11-13(7-9-19-15)18-14-10-12-6-8-17(14,5)16(12,3)4/h12-14,18H,6-11H2,1-5H3. The maximum atomic E-state index is 5.85. The Bertz CT molecular complexity index is 362. The molecule has 1 heterocycles. The molecule has 19 heavy (non-hydrogen) atoms. The van der Waals surface area contributed by atoms with Gasteiger partial charge in [-0.1, -0.05) is 20.8 Å². The first kappa shape index (κ1) is 13.9. The van der Waals surface area contributed by atoms with E-state index in [2.05, 4.69) is 39.9 Å². The third-order valence-corrected chi connectivity index (χ3v) is 6.93. The fourth-order valence-corrected chi connectivity index (χ4v) is 5.11. The van der Waals surface area contributed by atoms with Crippen LogP contribution in [0.15, 0.2) is 0 Å². The van der Waals surface area contributed by atoms with E-state index in [0.717, 1.165) is 25.0 Å². The Hall–Kier alpha value is -0.0800. The average molecular weight is 265 g/mol. The highest BCUT2D eigenvalue weighted by Gasteiger charge is 2.61. The molecule has 1 saturated heterocycles. The molecule has 3 fully saturated rings. The molecule has 0 aromatic rings. The van der Waals surface area contributed by atoms with Crippen molar-refractivity contribution in [3.63, 3.8) is 0 Å². The zero-order valence-electron chi connectivity index (χ0n) is 13.4. The highest BCUT2D eigenvalue weighted by Crippen LogP contribution is 2.65. The van der Waals surface area contributed by atoms with Gasteiger partial charge in [0.2, 0.25) is 0 Å². The zero-order chi connectivity index (χ0) is 13.9. The summed E-state index contributed by atoms with van der Waals surface area (Å²) in [5.74, 6) is 0.933. The molecular weight excluding hydrogens is 234 g/mol. The van der Waals surface area contributed by atoms with Gasteiger partial charge >= 0.3 is 0 Å². The van der Waals surface area contributed by atoms with Gasteiger partial charge in [0, 0.05) is 18.7 Å². The number of hydrogen-bond donors (Lipinski definition) is 1. The molecule has 0 radical (unpaired) electrons. The van der Waals surface area contributed by atoms with Crippen LogP contribution in [0.5, 0.6) is 0 Å². The van der Waals surface area contributed by atoms with Gasteiger partial charge in [0.05, 0.1) is 5.60 Å². The van der Waals surface area contributed by atoms with Gasteiger partial charge in [0.1, 0.15) is 0 Å². The normalized spacial score (nSPS) is 47.5. The smallest absolute Gasteiger partial charge is 0.0641 e. The van der Waals surface area contributed by atoms with E-state index >= 15 is 0 Å². The Kier molecular flexibility index (Phi) is 3.07. The van der Waals surface area contributed by atoms with E-state index in [9.17, 15) is 0 Å². The molecule has 1 aliphatic heterocycles. The summed E-state index contributed by atoms with van der Waals surface area (Å²) in [5, 5.41) is 4.02. The van der Waals surface area contributed by atoms with E-state index in [0.29, 0.717) is 16.9 Å². The maximum absolute atomic E-state index is 5.85. The van der Waals surface area contributed by atoms with Crippen LogP contribution in [-0.2, 0) is 4.74 Å². The molecule has 3 rings (SSSR count). The van der Waals surface area contributed by atoms with Gasteiger partial charge in [0.15, 0.2) is 0 Å². The number of rotatable bonds is 2. The summed E-state index contributed by atoms with van der Waals surface area (Å²) in [6, 6.07) is 1.38. The van der Waals surface area contributed by atoms with Gasteiger partial charge in [-0.15, -0.1) is 0 Å². The molecule has 1 N–H and O–H groups in total. The minimum absolute atomic E-state index is 0.0595. The van der Waals surface area contributed by atoms with Crippen LogP contribution in [0.1, 0.15) is 66.7 Å². The Morgan fingerprint density at radius 3 is 2.32 bits per heavy atom. The molecule has 4 atom stereocenters. The van der Waals surface area contributed by atoms with Crippen LogP contribution in [0.3, 0.4) is 0 Å². The quantitative estimate of drug-likeness (QED) is 0.821. The van der Waals surface area contributed by atoms with E-state index < -0.39 is 0 Å². The van der Waals surface area contributed by atoms with Crippen LogP contribution in [-0.4, -0.2) is 24.3 Å². The molecule has 2 bridgehead atoms. The number of nitrogens with one attached hydrogen (secondary N) is 1. The zero-order valence-corrected chi connectivity index (χ0v) is 13.4. The molecule has 3 aliphatic rings. The van der Waals surface area contributed by atoms with Gasteiger partial charge in [-0.3, -0.25) is 0 Å². The lowest BCUT2D eigenvalue weighted by Gasteiger charge is -2.43. The summed E-state index contributed by atoms with van der Waals surface area (Å²) < 4.78 is 5.85. The van der Waals surface area contributed by atoms with Crippen molar-refractivity contribution < 1.29 is 4.74 Å². The van der Waals surface area contributed by atoms with Gasteiger partial charge < -0.3 is 10.1 Å². The fourth-order valence-electron chi connectivity index (χ4n) is 5.11. The van der Waals surface area contributed by atoms with Crippen molar-refractivity contribution in [2.75, 3.05) is 6.61 Å². The van der Waals surface area contributed by atoms with Gasteiger partial charge in [-0.25, -0.2) is 0 Å². The van der Waals surface area contributed by atoms with Crippen molar-refractivity contribution in [1.29, 1.82) is 0 Å². The first-order valence-electron chi connectivity index (χ1n) is 8.15. The summed E-state index contributed by atoms with van der Waals surface area (Å²) in [5.41, 5.74) is 1.08. The van der Waals surface area contributed by atoms with Crippen molar-refractivity contribution >= 4 is 0 Å². The first-order valence-corrected chi connectivity index (χ1v) is 8.15. The summed E-state index contributed by atoms with van der Waals surface area (Å²) in [4.78, 5) is 0. The molecular formula is C17H31NO. The first-order chi connectivity index (χ1) is 8.75. The Morgan fingerprint density at radius 2 is 1.79 bits per heavy atom. The number of fused-ring (bicyclic) bond motifs is 2. The minimum Gasteiger partial charge on any atom is -0.375 e. The van der Waals surface area contributed by atoms with Gasteiger partial charge in [-0.2, -0.15) is 0 Å². The van der Waals surface area contributed by atoms with Gasteiger partial charge in [-0.05, 0) is 62.7 Å². The van der Waals surface area contributed by atoms with Crippen LogP contribution >= 0.6 is 0 Å². The van der Waals surface area contributed by atoms with Crippen molar-refractivity contribution in [3.8, 4) is 0 Å². The molecule has 0 aromatic carbocycles. The van der Waals surface area contributed by atoms with Crippen LogP contribution in [0, 0.1) is 16.7 Å². The van der Waals surface area contributed by atoms with E-state index in [1.54, 1.807) is 0 Å². The topological polar surface area (TPSA) is 21.3 Å². The molecule has 0 spiro atoms. The third-order valence-electron chi connectivity index (χ3n) is 6.93. The second-order valence-electron chi connectivity index (χ2n) is 8.63. The predicted octanol–water partition coefficient (Wildman–Crippen LogP) is 3.75. The molecule has 0 aromatic heterocycles. The Labute approximate surface area is 118 Å². The molecule has 2 nitrogen and oxygen atoms in total. The second-order valence-corrected chi connectivity index (χ2v) is 8.63. The van der Waals surface area contributed by atoms with Gasteiger partial charge in [0.25, 0.3) is 0 Å². The van der Waals surface area contributed by atoms with E-state index in [1.807, 2.05) is 0 Å². The molecule has 0 amide bonds. The van der Waals surface area contributed by atoms with Crippen molar-refractivity contribution in [3.05, 3.63) is 0 Å². The SMILES string of the molecule is CC1(C)CC(NC2CC3CCC2(C)C3(C)C)CCO1. The molecule has 110 valence electrons. The highest BCUT2D eigenvalue weighted by molar-refractivity contribution is 5.13. The van der Waals surface area contributed by atoms with E-state index in [1.165, 1.54) is 25.7 Å². The maximum Gasteiger partial charge on any atom is 0.0641 e. The number of ether oxygens (including phenoxy) is 1. The second kappa shape index (κ2) is 4.21. The van der Waals surface area contributed by atoms with Crippen molar-refractivity contribution in [2.24, 2.45) is 16.7 Å². The van der Waals surface area contributed by atoms with E-state index in [4.69, 9.17) is 4.74 Å². The monoisotopic (exact) mass is 265 g/mol. The number of hydrogen-bond acceptors (Lipinski definition) is 2. The third kappa shape index (κ3) is 2.06. The summed E-state index contributed by atoms with van der Waals surface area (Å²) in [7, 11) is 0. The minimum atomic E-state index is 0.0595. The van der Waals surface area contributed by atoms with Crippen molar-refractivity contribution in [2.45, 2.75) is 84.4 Å².